The van der Waals surface area contributed by atoms with Crippen LogP contribution in [0.15, 0.2) is 12.4 Å². The maximum absolute atomic E-state index is 4.46. The summed E-state index contributed by atoms with van der Waals surface area (Å²) < 4.78 is 0. The Morgan fingerprint density at radius 1 is 1.32 bits per heavy atom. The average molecular weight is 262 g/mol. The van der Waals surface area contributed by atoms with Crippen molar-refractivity contribution >= 4 is 11.6 Å². The minimum atomic E-state index is 0.646. The van der Waals surface area contributed by atoms with Gasteiger partial charge in [0.2, 0.25) is 0 Å². The molecule has 0 aliphatic carbocycles. The number of piperidine rings is 1. The lowest BCUT2D eigenvalue weighted by molar-refractivity contribution is 0.446. The Labute approximate surface area is 116 Å². The zero-order valence-electron chi connectivity index (χ0n) is 12.2. The molecule has 1 N–H and O–H groups in total. The molecule has 0 amide bonds. The van der Waals surface area contributed by atoms with Gasteiger partial charge in [0.1, 0.15) is 18.0 Å². The highest BCUT2D eigenvalue weighted by molar-refractivity contribution is 5.49. The van der Waals surface area contributed by atoms with Gasteiger partial charge in [-0.2, -0.15) is 0 Å². The van der Waals surface area contributed by atoms with E-state index in [1.54, 1.807) is 6.33 Å². The molecule has 0 bridgehead atoms. The largest absolute Gasteiger partial charge is 0.370 e. The van der Waals surface area contributed by atoms with Gasteiger partial charge in [0.05, 0.1) is 0 Å². The SMILES string of the molecule is CCCCNc1cc(N2CCCCC2CC)ncn1. The fraction of sp³-hybridized carbons (Fsp3) is 0.733. The molecule has 19 heavy (non-hydrogen) atoms. The number of rotatable bonds is 6. The fourth-order valence-electron chi connectivity index (χ4n) is 2.72. The van der Waals surface area contributed by atoms with E-state index in [1.165, 1.54) is 38.5 Å². The van der Waals surface area contributed by atoms with Gasteiger partial charge in [-0.25, -0.2) is 9.97 Å². The lowest BCUT2D eigenvalue weighted by Gasteiger charge is -2.36. The molecule has 4 heteroatoms. The second-order valence-electron chi connectivity index (χ2n) is 5.29. The second kappa shape index (κ2) is 7.31. The predicted octanol–water partition coefficient (Wildman–Crippen LogP) is 3.46. The molecule has 1 fully saturated rings. The summed E-state index contributed by atoms with van der Waals surface area (Å²) in [6.45, 7) is 6.59. The summed E-state index contributed by atoms with van der Waals surface area (Å²) in [5, 5.41) is 3.38. The van der Waals surface area contributed by atoms with Crippen molar-refractivity contribution in [3.05, 3.63) is 12.4 Å². The molecule has 0 saturated carbocycles. The Morgan fingerprint density at radius 3 is 3.00 bits per heavy atom. The third kappa shape index (κ3) is 3.82. The van der Waals surface area contributed by atoms with Crippen molar-refractivity contribution in [1.82, 2.24) is 9.97 Å². The molecular weight excluding hydrogens is 236 g/mol. The van der Waals surface area contributed by atoms with Gasteiger partial charge in [-0.05, 0) is 32.1 Å². The zero-order chi connectivity index (χ0) is 13.5. The zero-order valence-corrected chi connectivity index (χ0v) is 12.2. The molecule has 2 heterocycles. The van der Waals surface area contributed by atoms with Crippen LogP contribution in [-0.4, -0.2) is 29.1 Å². The summed E-state index contributed by atoms with van der Waals surface area (Å²) in [4.78, 5) is 11.2. The van der Waals surface area contributed by atoms with Crippen LogP contribution in [0.4, 0.5) is 11.6 Å². The maximum atomic E-state index is 4.46. The minimum Gasteiger partial charge on any atom is -0.370 e. The van der Waals surface area contributed by atoms with Gasteiger partial charge in [0, 0.05) is 25.2 Å². The molecule has 0 spiro atoms. The fourth-order valence-corrected chi connectivity index (χ4v) is 2.72. The minimum absolute atomic E-state index is 0.646. The highest BCUT2D eigenvalue weighted by atomic mass is 15.2. The first-order valence-electron chi connectivity index (χ1n) is 7.67. The molecule has 1 atom stereocenters. The van der Waals surface area contributed by atoms with E-state index in [0.29, 0.717) is 6.04 Å². The standard InChI is InChI=1S/C15H26N4/c1-3-5-9-16-14-11-15(18-12-17-14)19-10-7-6-8-13(19)4-2/h11-13H,3-10H2,1-2H3,(H,16,17,18). The van der Waals surface area contributed by atoms with Gasteiger partial charge in [-0.15, -0.1) is 0 Å². The van der Waals surface area contributed by atoms with Gasteiger partial charge in [0.15, 0.2) is 0 Å². The molecule has 1 unspecified atom stereocenters. The average Bonchev–Trinajstić information content (AvgIpc) is 2.48. The predicted molar refractivity (Wildman–Crippen MR) is 80.7 cm³/mol. The molecule has 2 rings (SSSR count). The van der Waals surface area contributed by atoms with E-state index in [1.807, 2.05) is 0 Å². The van der Waals surface area contributed by atoms with Gasteiger partial charge in [-0.3, -0.25) is 0 Å². The van der Waals surface area contributed by atoms with Crippen molar-refractivity contribution in [2.45, 2.75) is 58.4 Å². The van der Waals surface area contributed by atoms with Crippen LogP contribution in [-0.2, 0) is 0 Å². The number of anilines is 2. The molecule has 0 aromatic carbocycles. The van der Waals surface area contributed by atoms with Crippen LogP contribution in [0.2, 0.25) is 0 Å². The van der Waals surface area contributed by atoms with E-state index in [4.69, 9.17) is 0 Å². The molecule has 1 aromatic rings. The van der Waals surface area contributed by atoms with E-state index in [9.17, 15) is 0 Å². The topological polar surface area (TPSA) is 41.0 Å². The molecular formula is C15H26N4. The van der Waals surface area contributed by atoms with E-state index in [2.05, 4.69) is 40.1 Å². The Hall–Kier alpha value is -1.32. The first-order valence-corrected chi connectivity index (χ1v) is 7.67. The van der Waals surface area contributed by atoms with Gasteiger partial charge < -0.3 is 10.2 Å². The number of hydrogen-bond acceptors (Lipinski definition) is 4. The van der Waals surface area contributed by atoms with Gasteiger partial charge >= 0.3 is 0 Å². The summed E-state index contributed by atoms with van der Waals surface area (Å²) in [7, 11) is 0. The summed E-state index contributed by atoms with van der Waals surface area (Å²) in [5.41, 5.74) is 0. The lowest BCUT2D eigenvalue weighted by Crippen LogP contribution is -2.39. The Kier molecular flexibility index (Phi) is 5.43. The van der Waals surface area contributed by atoms with Crippen molar-refractivity contribution in [1.29, 1.82) is 0 Å². The molecule has 1 aliphatic rings. The number of nitrogens with zero attached hydrogens (tertiary/aromatic N) is 3. The number of aromatic nitrogens is 2. The lowest BCUT2D eigenvalue weighted by atomic mass is 10.0. The van der Waals surface area contributed by atoms with Crippen LogP contribution in [0.1, 0.15) is 52.4 Å². The van der Waals surface area contributed by atoms with Crippen LogP contribution >= 0.6 is 0 Å². The Bertz CT molecular complexity index is 380. The second-order valence-corrected chi connectivity index (χ2v) is 5.29. The summed E-state index contributed by atoms with van der Waals surface area (Å²) in [6.07, 6.45) is 9.18. The molecule has 0 radical (unpaired) electrons. The normalized spacial score (nSPS) is 19.5. The van der Waals surface area contributed by atoms with Crippen molar-refractivity contribution in [3.8, 4) is 0 Å². The van der Waals surface area contributed by atoms with Crippen molar-refractivity contribution in [3.63, 3.8) is 0 Å². The maximum Gasteiger partial charge on any atom is 0.134 e. The van der Waals surface area contributed by atoms with Crippen LogP contribution in [0.5, 0.6) is 0 Å². The third-order valence-corrected chi connectivity index (χ3v) is 3.88. The van der Waals surface area contributed by atoms with Crippen LogP contribution in [0, 0.1) is 0 Å². The summed E-state index contributed by atoms with van der Waals surface area (Å²) in [6, 6.07) is 2.75. The molecule has 1 aromatic heterocycles. The van der Waals surface area contributed by atoms with E-state index < -0.39 is 0 Å². The molecule has 4 nitrogen and oxygen atoms in total. The highest BCUT2D eigenvalue weighted by Gasteiger charge is 2.22. The molecule has 1 aliphatic heterocycles. The third-order valence-electron chi connectivity index (χ3n) is 3.88. The number of unbranched alkanes of at least 4 members (excludes halogenated alkanes) is 1. The van der Waals surface area contributed by atoms with Crippen LogP contribution in [0.3, 0.4) is 0 Å². The van der Waals surface area contributed by atoms with E-state index in [0.717, 1.165) is 24.7 Å². The quantitative estimate of drug-likeness (QED) is 0.797. The number of hydrogen-bond donors (Lipinski definition) is 1. The Balaban J connectivity index is 2.04. The van der Waals surface area contributed by atoms with Crippen molar-refractivity contribution in [2.75, 3.05) is 23.3 Å². The summed E-state index contributed by atoms with van der Waals surface area (Å²) in [5.74, 6) is 2.04. The smallest absolute Gasteiger partial charge is 0.134 e. The van der Waals surface area contributed by atoms with Crippen LogP contribution < -0.4 is 10.2 Å². The van der Waals surface area contributed by atoms with Gasteiger partial charge in [0.25, 0.3) is 0 Å². The van der Waals surface area contributed by atoms with Gasteiger partial charge in [-0.1, -0.05) is 20.3 Å². The Morgan fingerprint density at radius 2 is 2.21 bits per heavy atom. The van der Waals surface area contributed by atoms with Crippen molar-refractivity contribution in [2.24, 2.45) is 0 Å². The summed E-state index contributed by atoms with van der Waals surface area (Å²) >= 11 is 0. The van der Waals surface area contributed by atoms with E-state index >= 15 is 0 Å². The molecule has 1 saturated heterocycles. The molecule has 106 valence electrons. The monoisotopic (exact) mass is 262 g/mol. The number of nitrogens with one attached hydrogen (secondary N) is 1. The highest BCUT2D eigenvalue weighted by Crippen LogP contribution is 2.25. The van der Waals surface area contributed by atoms with Crippen LogP contribution in [0.25, 0.3) is 0 Å². The first-order chi connectivity index (χ1) is 9.35. The van der Waals surface area contributed by atoms with Crippen molar-refractivity contribution < 1.29 is 0 Å². The van der Waals surface area contributed by atoms with E-state index in [-0.39, 0.29) is 0 Å². The first kappa shape index (κ1) is 14.1.